The van der Waals surface area contributed by atoms with Crippen LogP contribution in [0.4, 0.5) is 17.1 Å². The Bertz CT molecular complexity index is 1900. The average Bonchev–Trinajstić information content (AvgIpc) is 3.65. The van der Waals surface area contributed by atoms with Crippen LogP contribution in [0.2, 0.25) is 0 Å². The lowest BCUT2D eigenvalue weighted by atomic mass is 10.2. The van der Waals surface area contributed by atoms with Gasteiger partial charge >= 0.3 is 0 Å². The molecule has 0 aliphatic carbocycles. The van der Waals surface area contributed by atoms with Crippen molar-refractivity contribution in [3.63, 3.8) is 0 Å². The molecular formula is C32H29N5O3S2. The van der Waals surface area contributed by atoms with Crippen molar-refractivity contribution in [2.45, 2.75) is 25.3 Å². The summed E-state index contributed by atoms with van der Waals surface area (Å²) in [6, 6.07) is 24.9. The number of rotatable bonds is 6. The van der Waals surface area contributed by atoms with Gasteiger partial charge in [0, 0.05) is 29.7 Å². The average molecular weight is 596 g/mol. The Morgan fingerprint density at radius 2 is 1.67 bits per heavy atom. The third-order valence-electron chi connectivity index (χ3n) is 6.95. The molecule has 0 radical (unpaired) electrons. The number of hydrogen-bond acceptors (Lipinski definition) is 8. The van der Waals surface area contributed by atoms with Crippen LogP contribution in [-0.2, 0) is 11.3 Å². The summed E-state index contributed by atoms with van der Waals surface area (Å²) in [6.07, 6.45) is 3.83. The molecule has 8 nitrogen and oxygen atoms in total. The largest absolute Gasteiger partial charge is 0.497 e. The number of amides is 1. The molecule has 42 heavy (non-hydrogen) atoms. The number of amidine groups is 1. The number of allylic oxidation sites excluding steroid dienone is 1. The highest BCUT2D eigenvalue weighted by Crippen LogP contribution is 2.47. The first kappa shape index (κ1) is 27.6. The SMILES string of the molecule is CCN1C(=CC=c2sc(=C3C(=O)N(c4ccccc4)N=C3Nc3ccccc3)n(CC)c2=O)Sc2ccc(OC)cc21. The van der Waals surface area contributed by atoms with Crippen molar-refractivity contribution in [1.29, 1.82) is 0 Å². The number of benzene rings is 3. The number of carbonyl (C=O) groups is 1. The van der Waals surface area contributed by atoms with Crippen molar-refractivity contribution in [3.8, 4) is 5.75 Å². The first-order valence-corrected chi connectivity index (χ1v) is 15.3. The second-order valence-electron chi connectivity index (χ2n) is 9.44. The van der Waals surface area contributed by atoms with Crippen LogP contribution in [-0.4, -0.2) is 30.0 Å². The summed E-state index contributed by atoms with van der Waals surface area (Å²) in [5, 5.41) is 10.4. The van der Waals surface area contributed by atoms with Gasteiger partial charge in [0.1, 0.15) is 16.0 Å². The standard InChI is InChI=1S/C32H29N5O3S2/c1-4-35-24-20-23(40-3)16-17-25(24)41-27(35)19-18-26-30(38)36(5-2)32(42-26)28-29(33-21-12-8-6-9-13-21)34-37(31(28)39)22-14-10-7-11-15-22/h6-20H,4-5H2,1-3H3,(H,33,34). The van der Waals surface area contributed by atoms with Gasteiger partial charge in [0.2, 0.25) is 0 Å². The fourth-order valence-electron chi connectivity index (χ4n) is 4.90. The van der Waals surface area contributed by atoms with Gasteiger partial charge in [0.15, 0.2) is 5.84 Å². The number of carbonyl (C=O) groups excluding carboxylic acids is 1. The van der Waals surface area contributed by atoms with E-state index in [2.05, 4.69) is 28.3 Å². The second-order valence-corrected chi connectivity index (χ2v) is 11.5. The minimum absolute atomic E-state index is 0.142. The molecule has 0 spiro atoms. The van der Waals surface area contributed by atoms with Crippen LogP contribution in [0, 0.1) is 0 Å². The van der Waals surface area contributed by atoms with Gasteiger partial charge in [-0.25, -0.2) is 0 Å². The second kappa shape index (κ2) is 11.8. The molecule has 0 unspecified atom stereocenters. The summed E-state index contributed by atoms with van der Waals surface area (Å²) in [4.78, 5) is 30.9. The van der Waals surface area contributed by atoms with E-state index in [4.69, 9.17) is 4.74 Å². The van der Waals surface area contributed by atoms with Crippen LogP contribution in [0.3, 0.4) is 0 Å². The number of aromatic nitrogens is 1. The molecule has 10 heteroatoms. The molecule has 0 atom stereocenters. The fraction of sp³-hybridized carbons (Fsp3) is 0.156. The van der Waals surface area contributed by atoms with Crippen LogP contribution in [0.15, 0.2) is 105 Å². The molecule has 0 saturated carbocycles. The molecule has 212 valence electrons. The lowest BCUT2D eigenvalue weighted by Crippen LogP contribution is -2.34. The zero-order chi connectivity index (χ0) is 29.2. The maximum Gasteiger partial charge on any atom is 0.285 e. The molecule has 0 saturated heterocycles. The Kier molecular flexibility index (Phi) is 7.73. The number of nitrogens with one attached hydrogen (secondary N) is 1. The molecule has 1 amide bonds. The van der Waals surface area contributed by atoms with Crippen molar-refractivity contribution in [3.05, 3.63) is 110 Å². The summed E-state index contributed by atoms with van der Waals surface area (Å²) in [5.74, 6) is 0.911. The van der Waals surface area contributed by atoms with Crippen molar-refractivity contribution in [1.82, 2.24) is 4.57 Å². The number of hydrazone groups is 1. The van der Waals surface area contributed by atoms with Crippen LogP contribution >= 0.6 is 23.1 Å². The monoisotopic (exact) mass is 595 g/mol. The molecule has 4 aromatic rings. The molecule has 1 aromatic heterocycles. The smallest absolute Gasteiger partial charge is 0.285 e. The summed E-state index contributed by atoms with van der Waals surface area (Å²) < 4.78 is 8.19. The molecule has 3 aromatic carbocycles. The van der Waals surface area contributed by atoms with Gasteiger partial charge in [-0.2, -0.15) is 5.01 Å². The van der Waals surface area contributed by atoms with Crippen LogP contribution in [0.25, 0.3) is 11.6 Å². The Morgan fingerprint density at radius 1 is 0.929 bits per heavy atom. The molecule has 2 aliphatic heterocycles. The Hall–Kier alpha value is -4.54. The first-order chi connectivity index (χ1) is 20.5. The van der Waals surface area contributed by atoms with E-state index in [0.29, 0.717) is 32.8 Å². The van der Waals surface area contributed by atoms with E-state index >= 15 is 0 Å². The van der Waals surface area contributed by atoms with Crippen LogP contribution in [0.1, 0.15) is 13.8 Å². The van der Waals surface area contributed by atoms with E-state index in [-0.39, 0.29) is 11.5 Å². The molecule has 1 N–H and O–H groups in total. The van der Waals surface area contributed by atoms with Gasteiger partial charge in [0.25, 0.3) is 11.5 Å². The highest BCUT2D eigenvalue weighted by atomic mass is 32.2. The van der Waals surface area contributed by atoms with Gasteiger partial charge in [-0.3, -0.25) is 14.2 Å². The van der Waals surface area contributed by atoms with Crippen molar-refractivity contribution in [2.24, 2.45) is 5.10 Å². The predicted octanol–water partition coefficient (Wildman–Crippen LogP) is 4.82. The van der Waals surface area contributed by atoms with E-state index in [1.165, 1.54) is 16.3 Å². The molecule has 6 rings (SSSR count). The molecule has 0 bridgehead atoms. The summed E-state index contributed by atoms with van der Waals surface area (Å²) >= 11 is 2.96. The topological polar surface area (TPSA) is 79.2 Å². The normalized spacial score (nSPS) is 17.2. The maximum atomic E-state index is 13.9. The van der Waals surface area contributed by atoms with Gasteiger partial charge in [0.05, 0.1) is 28.0 Å². The van der Waals surface area contributed by atoms with E-state index < -0.39 is 0 Å². The summed E-state index contributed by atoms with van der Waals surface area (Å²) in [5.41, 5.74) is 2.75. The number of thiazole rings is 1. The van der Waals surface area contributed by atoms with Gasteiger partial charge < -0.3 is 15.0 Å². The summed E-state index contributed by atoms with van der Waals surface area (Å²) in [6.45, 7) is 5.19. The molecular weight excluding hydrogens is 567 g/mol. The Morgan fingerprint density at radius 3 is 2.36 bits per heavy atom. The number of anilines is 3. The minimum atomic E-state index is -0.291. The van der Waals surface area contributed by atoms with E-state index in [1.807, 2.05) is 91.9 Å². The Labute approximate surface area is 251 Å². The van der Waals surface area contributed by atoms with Crippen molar-refractivity contribution in [2.75, 3.05) is 28.9 Å². The number of para-hydroxylation sites is 2. The van der Waals surface area contributed by atoms with Gasteiger partial charge in [-0.1, -0.05) is 48.2 Å². The number of methoxy groups -OCH3 is 1. The van der Waals surface area contributed by atoms with Crippen LogP contribution < -0.4 is 34.7 Å². The minimum Gasteiger partial charge on any atom is -0.497 e. The number of nitrogens with zero attached hydrogens (tertiary/aromatic N) is 4. The Balaban J connectivity index is 1.47. The van der Waals surface area contributed by atoms with Gasteiger partial charge in [-0.05, 0) is 62.4 Å². The first-order valence-electron chi connectivity index (χ1n) is 13.6. The van der Waals surface area contributed by atoms with Crippen molar-refractivity contribution < 1.29 is 9.53 Å². The fourth-order valence-corrected chi connectivity index (χ4v) is 7.16. The highest BCUT2D eigenvalue weighted by molar-refractivity contribution is 8.03. The maximum absolute atomic E-state index is 13.9. The third kappa shape index (κ3) is 5.03. The van der Waals surface area contributed by atoms with E-state index in [9.17, 15) is 9.59 Å². The zero-order valence-corrected chi connectivity index (χ0v) is 25.0. The quantitative estimate of drug-likeness (QED) is 0.345. The predicted molar refractivity (Wildman–Crippen MR) is 173 cm³/mol. The molecule has 3 heterocycles. The van der Waals surface area contributed by atoms with E-state index in [0.717, 1.165) is 33.6 Å². The summed E-state index contributed by atoms with van der Waals surface area (Å²) in [7, 11) is 1.66. The number of thioether (sulfide) groups is 1. The highest BCUT2D eigenvalue weighted by Gasteiger charge is 2.34. The molecule has 2 aliphatic rings. The zero-order valence-electron chi connectivity index (χ0n) is 23.4. The number of fused-ring (bicyclic) bond motifs is 1. The van der Waals surface area contributed by atoms with Crippen molar-refractivity contribution >= 4 is 63.6 Å². The third-order valence-corrected chi connectivity index (χ3v) is 9.23. The molecule has 0 fully saturated rings. The number of hydrogen-bond donors (Lipinski definition) is 1. The van der Waals surface area contributed by atoms with Crippen LogP contribution in [0.5, 0.6) is 5.75 Å². The van der Waals surface area contributed by atoms with Gasteiger partial charge in [-0.15, -0.1) is 16.4 Å². The number of ether oxygens (including phenoxy) is 1. The van der Waals surface area contributed by atoms with E-state index in [1.54, 1.807) is 23.4 Å². The lowest BCUT2D eigenvalue weighted by Gasteiger charge is -2.18. The lowest BCUT2D eigenvalue weighted by molar-refractivity contribution is -0.112.